The van der Waals surface area contributed by atoms with E-state index in [1.165, 1.54) is 59.3 Å². The number of piperidine rings is 1. The summed E-state index contributed by atoms with van der Waals surface area (Å²) in [5, 5.41) is 8.61. The highest BCUT2D eigenvalue weighted by Gasteiger charge is 2.26. The molecule has 2 aliphatic heterocycles. The molecule has 0 unspecified atom stereocenters. The van der Waals surface area contributed by atoms with Crippen LogP contribution in [0.1, 0.15) is 74.5 Å². The molecule has 0 N–H and O–H groups in total. The Bertz CT molecular complexity index is 1060. The van der Waals surface area contributed by atoms with E-state index in [2.05, 4.69) is 66.2 Å². The Morgan fingerprint density at radius 2 is 1.88 bits per heavy atom. The van der Waals surface area contributed by atoms with Crippen molar-refractivity contribution in [3.8, 4) is 0 Å². The molecule has 4 nitrogen and oxygen atoms in total. The van der Waals surface area contributed by atoms with Crippen molar-refractivity contribution in [2.24, 2.45) is 10.2 Å². The molecule has 174 valence electrons. The van der Waals surface area contributed by atoms with Crippen molar-refractivity contribution >= 4 is 11.4 Å². The van der Waals surface area contributed by atoms with Crippen LogP contribution >= 0.6 is 0 Å². The molecular formula is C29H37N3O. The Morgan fingerprint density at radius 1 is 1.03 bits per heavy atom. The van der Waals surface area contributed by atoms with Gasteiger partial charge in [-0.3, -0.25) is 0 Å². The lowest BCUT2D eigenvalue weighted by molar-refractivity contribution is 0.167. The first-order valence-corrected chi connectivity index (χ1v) is 12.7. The predicted octanol–water partition coefficient (Wildman–Crippen LogP) is 6.41. The second kappa shape index (κ2) is 9.80. The summed E-state index contributed by atoms with van der Waals surface area (Å²) in [6.07, 6.45) is 12.4. The quantitative estimate of drug-likeness (QED) is 0.456. The minimum Gasteiger partial charge on any atom is -0.493 e. The van der Waals surface area contributed by atoms with E-state index < -0.39 is 0 Å². The number of hydrogen-bond donors (Lipinski definition) is 0. The molecule has 2 heterocycles. The molecule has 0 saturated carbocycles. The number of allylic oxidation sites excluding steroid dienone is 4. The molecule has 1 aromatic carbocycles. The molecule has 1 aromatic rings. The molecule has 0 radical (unpaired) electrons. The number of benzene rings is 1. The Hall–Kier alpha value is -2.46. The van der Waals surface area contributed by atoms with Gasteiger partial charge in [-0.05, 0) is 113 Å². The van der Waals surface area contributed by atoms with Crippen LogP contribution in [0.5, 0.6) is 0 Å². The monoisotopic (exact) mass is 443 g/mol. The van der Waals surface area contributed by atoms with Crippen LogP contribution in [0, 0.1) is 13.8 Å². The van der Waals surface area contributed by atoms with E-state index in [4.69, 9.17) is 4.74 Å². The Morgan fingerprint density at radius 3 is 2.64 bits per heavy atom. The van der Waals surface area contributed by atoms with Gasteiger partial charge in [0.15, 0.2) is 0 Å². The van der Waals surface area contributed by atoms with Gasteiger partial charge >= 0.3 is 0 Å². The number of likely N-dealkylation sites (tertiary alicyclic amines) is 1. The fourth-order valence-corrected chi connectivity index (χ4v) is 5.55. The van der Waals surface area contributed by atoms with Crippen molar-refractivity contribution in [2.45, 2.75) is 71.6 Å². The third kappa shape index (κ3) is 5.06. The molecule has 0 aromatic heterocycles. The van der Waals surface area contributed by atoms with Gasteiger partial charge in [-0.1, -0.05) is 23.8 Å². The van der Waals surface area contributed by atoms with Gasteiger partial charge in [0.05, 0.1) is 12.3 Å². The molecule has 33 heavy (non-hydrogen) atoms. The molecule has 0 spiro atoms. The zero-order valence-corrected chi connectivity index (χ0v) is 20.5. The molecule has 1 saturated heterocycles. The highest BCUT2D eigenvalue weighted by molar-refractivity contribution is 6.15. The summed E-state index contributed by atoms with van der Waals surface area (Å²) in [4.78, 5) is 2.62. The van der Waals surface area contributed by atoms with Crippen molar-refractivity contribution in [3.05, 3.63) is 69.5 Å². The summed E-state index contributed by atoms with van der Waals surface area (Å²) in [7, 11) is 0. The van der Waals surface area contributed by atoms with Crippen molar-refractivity contribution in [1.29, 1.82) is 0 Å². The van der Waals surface area contributed by atoms with E-state index in [1.54, 1.807) is 0 Å². The molecule has 4 aliphatic rings. The van der Waals surface area contributed by atoms with Gasteiger partial charge in [-0.25, -0.2) is 0 Å². The Labute approximate surface area is 198 Å². The predicted molar refractivity (Wildman–Crippen MR) is 137 cm³/mol. The van der Waals surface area contributed by atoms with E-state index in [-0.39, 0.29) is 0 Å². The van der Waals surface area contributed by atoms with Crippen LogP contribution in [0.3, 0.4) is 0 Å². The van der Waals surface area contributed by atoms with E-state index >= 15 is 0 Å². The SMILES string of the molecule is CC1=NN=C(C2=CC3=C(CCC=C3OCCCN3CCC(c4ccc(C)c(C)c4)CC3)C2)C1. The maximum Gasteiger partial charge on any atom is 0.122 e. The van der Waals surface area contributed by atoms with Gasteiger partial charge in [0.2, 0.25) is 0 Å². The lowest BCUT2D eigenvalue weighted by atomic mass is 9.88. The van der Waals surface area contributed by atoms with Crippen molar-refractivity contribution in [3.63, 3.8) is 0 Å². The molecule has 0 atom stereocenters. The van der Waals surface area contributed by atoms with E-state index in [9.17, 15) is 0 Å². The van der Waals surface area contributed by atoms with Crippen LogP contribution in [0.25, 0.3) is 0 Å². The summed E-state index contributed by atoms with van der Waals surface area (Å²) in [6.45, 7) is 10.8. The van der Waals surface area contributed by atoms with Crippen molar-refractivity contribution in [2.75, 3.05) is 26.2 Å². The summed E-state index contributed by atoms with van der Waals surface area (Å²) in [5.74, 6) is 1.81. The second-order valence-corrected chi connectivity index (χ2v) is 10.2. The maximum absolute atomic E-state index is 6.30. The molecule has 1 fully saturated rings. The smallest absolute Gasteiger partial charge is 0.122 e. The minimum atomic E-state index is 0.719. The fourth-order valence-electron chi connectivity index (χ4n) is 5.55. The molecule has 2 aliphatic carbocycles. The van der Waals surface area contributed by atoms with Gasteiger partial charge in [-0.2, -0.15) is 10.2 Å². The van der Waals surface area contributed by atoms with Crippen LogP contribution in [0.2, 0.25) is 0 Å². The number of aryl methyl sites for hydroxylation is 2. The van der Waals surface area contributed by atoms with E-state index in [0.717, 1.165) is 68.4 Å². The first kappa shape index (κ1) is 22.3. The molecule has 0 amide bonds. The lowest BCUT2D eigenvalue weighted by Crippen LogP contribution is -2.34. The third-order valence-electron chi connectivity index (χ3n) is 7.75. The summed E-state index contributed by atoms with van der Waals surface area (Å²) in [5.41, 5.74) is 10.8. The van der Waals surface area contributed by atoms with Crippen LogP contribution in [0.15, 0.2) is 63.0 Å². The minimum absolute atomic E-state index is 0.719. The average molecular weight is 444 g/mol. The molecular weight excluding hydrogens is 406 g/mol. The van der Waals surface area contributed by atoms with Gasteiger partial charge in [-0.15, -0.1) is 0 Å². The Balaban J connectivity index is 1.06. The molecule has 0 bridgehead atoms. The van der Waals surface area contributed by atoms with Crippen LogP contribution in [-0.4, -0.2) is 42.6 Å². The first-order valence-electron chi connectivity index (χ1n) is 12.7. The van der Waals surface area contributed by atoms with Crippen LogP contribution in [0.4, 0.5) is 0 Å². The number of rotatable bonds is 7. The lowest BCUT2D eigenvalue weighted by Gasteiger charge is -2.32. The summed E-state index contributed by atoms with van der Waals surface area (Å²) >= 11 is 0. The van der Waals surface area contributed by atoms with E-state index in [1.807, 2.05) is 0 Å². The number of nitrogens with zero attached hydrogens (tertiary/aromatic N) is 3. The number of hydrogen-bond acceptors (Lipinski definition) is 4. The molecule has 5 rings (SSSR count). The highest BCUT2D eigenvalue weighted by Crippen LogP contribution is 2.38. The Kier molecular flexibility index (Phi) is 6.64. The van der Waals surface area contributed by atoms with Crippen molar-refractivity contribution in [1.82, 2.24) is 4.90 Å². The van der Waals surface area contributed by atoms with E-state index in [0.29, 0.717) is 0 Å². The maximum atomic E-state index is 6.30. The molecule has 4 heteroatoms. The van der Waals surface area contributed by atoms with Gasteiger partial charge in [0.1, 0.15) is 5.76 Å². The van der Waals surface area contributed by atoms with Crippen LogP contribution in [-0.2, 0) is 4.74 Å². The van der Waals surface area contributed by atoms with Gasteiger partial charge in [0, 0.05) is 24.3 Å². The number of ether oxygens (including phenoxy) is 1. The normalized spacial score (nSPS) is 21.5. The zero-order chi connectivity index (χ0) is 22.8. The largest absolute Gasteiger partial charge is 0.493 e. The first-order chi connectivity index (χ1) is 16.1. The third-order valence-corrected chi connectivity index (χ3v) is 7.75. The fraction of sp³-hybridized carbons (Fsp3) is 0.517. The highest BCUT2D eigenvalue weighted by atomic mass is 16.5. The van der Waals surface area contributed by atoms with Crippen LogP contribution < -0.4 is 0 Å². The second-order valence-electron chi connectivity index (χ2n) is 10.2. The van der Waals surface area contributed by atoms with Gasteiger partial charge in [0.25, 0.3) is 0 Å². The van der Waals surface area contributed by atoms with Gasteiger partial charge < -0.3 is 9.64 Å². The summed E-state index contributed by atoms with van der Waals surface area (Å²) < 4.78 is 6.30. The zero-order valence-electron chi connectivity index (χ0n) is 20.5. The standard InChI is InChI=1S/C29H37N3O/c1-20-8-9-24(16-21(20)2)23-10-13-32(14-11-23)12-5-15-33-29-7-4-6-25-18-26(19-27(25)29)28-17-22(3)30-31-28/h7-9,16,19,23H,4-6,10-15,17-18H2,1-3H3. The summed E-state index contributed by atoms with van der Waals surface area (Å²) in [6, 6.07) is 7.03. The average Bonchev–Trinajstić information content (AvgIpc) is 3.45. The van der Waals surface area contributed by atoms with Crippen molar-refractivity contribution < 1.29 is 4.74 Å². The topological polar surface area (TPSA) is 37.2 Å².